The maximum Gasteiger partial charge on any atom is 1.00 e. The Kier molecular flexibility index (Phi) is 10.9. The first-order chi connectivity index (χ1) is 2.00. The molecule has 0 aliphatic rings. The van der Waals surface area contributed by atoms with Gasteiger partial charge in [-0.3, -0.25) is 0 Å². The number of halogens is 4. The molecule has 0 atom stereocenters. The topological polar surface area (TPSA) is 0 Å². The second-order valence-corrected chi connectivity index (χ2v) is 19.0. The van der Waals surface area contributed by atoms with Crippen molar-refractivity contribution >= 4 is 36.8 Å². The van der Waals surface area contributed by atoms with Crippen LogP contribution >= 0.6 is 36.8 Å². The Morgan fingerprint density at radius 2 is 0.833 bits per heavy atom. The van der Waals surface area contributed by atoms with E-state index in [2.05, 4.69) is 0 Å². The van der Waals surface area contributed by atoms with Crippen LogP contribution in [0.15, 0.2) is 0 Å². The Morgan fingerprint density at radius 3 is 0.833 bits per heavy atom. The Balaban J connectivity index is 0. The molecule has 0 saturated carbocycles. The average Bonchev–Trinajstić information content (AvgIpc) is 0.722. The number of hydrogen-bond acceptors (Lipinski definition) is 0. The largest absolute Gasteiger partial charge is 1.00 e. The van der Waals surface area contributed by atoms with Gasteiger partial charge in [-0.05, 0) is 0 Å². The van der Waals surface area contributed by atoms with Crippen molar-refractivity contribution in [2.45, 2.75) is 0 Å². The molecular weight excluding hydrogens is 378 g/mol. The van der Waals surface area contributed by atoms with E-state index in [1.807, 2.05) is 0 Å². The Hall–Kier alpha value is 3.54. The first-order valence-corrected chi connectivity index (χ1v) is 11.2. The molecule has 6 heavy (non-hydrogen) atoms. The summed E-state index contributed by atoms with van der Waals surface area (Å²) in [6, 6.07) is 0. The van der Waals surface area contributed by atoms with Crippen molar-refractivity contribution in [2.75, 3.05) is 0 Å². The number of rotatable bonds is 0. The molecule has 0 saturated heterocycles. The van der Waals surface area contributed by atoms with Crippen LogP contribution in [0.1, 0.15) is 0 Å². The quantitative estimate of drug-likeness (QED) is 0.511. The van der Waals surface area contributed by atoms with Crippen LogP contribution < -0.4 is 51.4 Å². The van der Waals surface area contributed by atoms with Crippen LogP contribution in [0.2, 0.25) is 0 Å². The molecule has 0 spiro atoms. The smallest absolute Gasteiger partial charge is 1.00 e. The maximum atomic E-state index is 5.00. The van der Waals surface area contributed by atoms with Crippen molar-refractivity contribution < 1.29 is 64.2 Å². The minimum Gasteiger partial charge on any atom is 1.00 e. The van der Waals surface area contributed by atoms with E-state index in [1.165, 1.54) is 0 Å². The molecule has 0 bridgehead atoms. The van der Waals surface area contributed by atoms with Gasteiger partial charge in [-0.25, -0.2) is 0 Å². The molecule has 0 aromatic heterocycles. The Labute approximate surface area is 98.1 Å². The molecular formula is AuCl4K. The summed E-state index contributed by atoms with van der Waals surface area (Å²) < 4.78 is 0. The molecule has 6 heteroatoms. The van der Waals surface area contributed by atoms with Crippen molar-refractivity contribution in [3.05, 3.63) is 0 Å². The molecule has 0 nitrogen and oxygen atoms in total. The van der Waals surface area contributed by atoms with Gasteiger partial charge in [0.15, 0.2) is 0 Å². The molecule has 0 aromatic rings. The summed E-state index contributed by atoms with van der Waals surface area (Å²) in [5.41, 5.74) is 0. The summed E-state index contributed by atoms with van der Waals surface area (Å²) in [5, 5.41) is 0. The van der Waals surface area contributed by atoms with Gasteiger partial charge in [-0.15, -0.1) is 0 Å². The minimum atomic E-state index is -3.00. The van der Waals surface area contributed by atoms with Crippen LogP contribution in [0, 0.1) is 0 Å². The molecule has 0 amide bonds. The molecule has 0 unspecified atom stereocenters. The van der Waals surface area contributed by atoms with Crippen molar-refractivity contribution in [1.82, 2.24) is 0 Å². The van der Waals surface area contributed by atoms with E-state index in [0.29, 0.717) is 0 Å². The zero-order valence-corrected chi connectivity index (χ0v) is 11.1. The van der Waals surface area contributed by atoms with Gasteiger partial charge in [-0.1, -0.05) is 0 Å². The third kappa shape index (κ3) is 25.7. The summed E-state index contributed by atoms with van der Waals surface area (Å²) in [4.78, 5) is 0. The van der Waals surface area contributed by atoms with E-state index < -0.39 is 12.8 Å². The van der Waals surface area contributed by atoms with Crippen LogP contribution in [-0.4, -0.2) is 0 Å². The monoisotopic (exact) mass is 376 g/mol. The zero-order chi connectivity index (χ0) is 4.50. The molecule has 0 radical (unpaired) electrons. The van der Waals surface area contributed by atoms with Gasteiger partial charge >= 0.3 is 101 Å². The van der Waals surface area contributed by atoms with Crippen LogP contribution in [0.25, 0.3) is 0 Å². The Morgan fingerprint density at radius 1 is 0.833 bits per heavy atom. The van der Waals surface area contributed by atoms with Crippen molar-refractivity contribution in [1.29, 1.82) is 0 Å². The zero-order valence-electron chi connectivity index (χ0n) is 2.81. The predicted molar refractivity (Wildman–Crippen MR) is 23.4 cm³/mol. The van der Waals surface area contributed by atoms with Crippen LogP contribution in [0.3, 0.4) is 0 Å². The third-order valence-electron chi connectivity index (χ3n) is 0. The van der Waals surface area contributed by atoms with E-state index in [1.54, 1.807) is 0 Å². The SMILES string of the molecule is [Cl][Au-]([Cl])([Cl])[Cl].[K+]. The summed E-state index contributed by atoms with van der Waals surface area (Å²) in [6.45, 7) is 0. The molecule has 40 valence electrons. The van der Waals surface area contributed by atoms with Crippen molar-refractivity contribution in [3.8, 4) is 0 Å². The Bertz CT molecular complexity index is 23.0. The first kappa shape index (κ1) is 12.2. The summed E-state index contributed by atoms with van der Waals surface area (Å²) in [7, 11) is 20.0. The van der Waals surface area contributed by atoms with Gasteiger partial charge in [-0.2, -0.15) is 0 Å². The molecule has 0 aliphatic carbocycles. The maximum absolute atomic E-state index is 5.00. The molecule has 0 fully saturated rings. The van der Waals surface area contributed by atoms with Crippen LogP contribution in [-0.2, 0) is 12.8 Å². The van der Waals surface area contributed by atoms with E-state index >= 15 is 0 Å². The van der Waals surface area contributed by atoms with E-state index in [4.69, 9.17) is 36.8 Å². The number of hydrogen-bond donors (Lipinski definition) is 0. The van der Waals surface area contributed by atoms with Crippen molar-refractivity contribution in [3.63, 3.8) is 0 Å². The van der Waals surface area contributed by atoms with Gasteiger partial charge in [0.2, 0.25) is 0 Å². The van der Waals surface area contributed by atoms with E-state index in [9.17, 15) is 0 Å². The molecule has 0 aliphatic heterocycles. The first-order valence-electron chi connectivity index (χ1n) is 0.456. The fourth-order valence-electron chi connectivity index (χ4n) is 0. The second-order valence-electron chi connectivity index (χ2n) is 0.258. The summed E-state index contributed by atoms with van der Waals surface area (Å²) in [5.74, 6) is 0. The fourth-order valence-corrected chi connectivity index (χ4v) is 0. The van der Waals surface area contributed by atoms with Gasteiger partial charge in [0.1, 0.15) is 0 Å². The van der Waals surface area contributed by atoms with Crippen molar-refractivity contribution in [2.24, 2.45) is 0 Å². The standard InChI is InChI=1S/Au.4ClH.K/h;4*1H;/q+3;;;;;+1/p-4. The van der Waals surface area contributed by atoms with Gasteiger partial charge in [0, 0.05) is 0 Å². The van der Waals surface area contributed by atoms with Crippen LogP contribution in [0.4, 0.5) is 0 Å². The third-order valence-corrected chi connectivity index (χ3v) is 0. The summed E-state index contributed by atoms with van der Waals surface area (Å²) >= 11 is -3.00. The van der Waals surface area contributed by atoms with E-state index in [0.717, 1.165) is 0 Å². The molecule has 0 rings (SSSR count). The summed E-state index contributed by atoms with van der Waals surface area (Å²) in [6.07, 6.45) is 0. The predicted octanol–water partition coefficient (Wildman–Crippen LogP) is -0.241. The minimum absolute atomic E-state index is 0. The molecule has 0 N–H and O–H groups in total. The van der Waals surface area contributed by atoms with Gasteiger partial charge in [0.05, 0.1) is 0 Å². The molecule has 0 heterocycles. The fraction of sp³-hybridized carbons (Fsp3) is 0. The van der Waals surface area contributed by atoms with Gasteiger partial charge < -0.3 is 0 Å². The normalized spacial score (nSPS) is 12.7. The van der Waals surface area contributed by atoms with Crippen LogP contribution in [0.5, 0.6) is 0 Å². The van der Waals surface area contributed by atoms with E-state index in [-0.39, 0.29) is 51.4 Å². The molecule has 0 aromatic carbocycles. The van der Waals surface area contributed by atoms with Gasteiger partial charge in [0.25, 0.3) is 0 Å². The average molecular weight is 378 g/mol. The second kappa shape index (κ2) is 5.33.